The van der Waals surface area contributed by atoms with Crippen molar-refractivity contribution in [2.24, 2.45) is 5.41 Å². The van der Waals surface area contributed by atoms with Crippen LogP contribution in [0.15, 0.2) is 18.2 Å². The van der Waals surface area contributed by atoms with Gasteiger partial charge in [0.25, 0.3) is 0 Å². The van der Waals surface area contributed by atoms with E-state index in [1.165, 1.54) is 11.3 Å². The maximum atomic E-state index is 12.3. The molecule has 1 aliphatic rings. The first-order chi connectivity index (χ1) is 17.4. The number of carbonyl (C=O) groups is 1. The summed E-state index contributed by atoms with van der Waals surface area (Å²) in [5.74, 6) is 1.05. The fraction of sp³-hybridized carbons (Fsp3) is 0.552. The second-order valence-corrected chi connectivity index (χ2v) is 11.5. The molecular weight excluding hydrogens is 468 g/mol. The third-order valence-corrected chi connectivity index (χ3v) is 6.90. The van der Waals surface area contributed by atoms with Crippen LogP contribution < -0.4 is 9.47 Å². The molecule has 8 heteroatoms. The SMILES string of the molecule is CCn1nc(-c2cc(-c3cc(OC)c(CCC(=O)OC(C)(C)C)c(OC)c3)n[nH]2)c2c1CC(C)(C)CC2. The lowest BCUT2D eigenvalue weighted by Crippen LogP contribution is -2.24. The van der Waals surface area contributed by atoms with E-state index in [1.807, 2.05) is 39.0 Å². The predicted molar refractivity (Wildman–Crippen MR) is 144 cm³/mol. The van der Waals surface area contributed by atoms with E-state index in [0.29, 0.717) is 17.9 Å². The van der Waals surface area contributed by atoms with Crippen LogP contribution in [0.25, 0.3) is 22.6 Å². The Morgan fingerprint density at radius 1 is 1.14 bits per heavy atom. The smallest absolute Gasteiger partial charge is 0.306 e. The van der Waals surface area contributed by atoms with E-state index in [4.69, 9.17) is 19.3 Å². The van der Waals surface area contributed by atoms with Gasteiger partial charge in [-0.15, -0.1) is 0 Å². The molecule has 2 aromatic heterocycles. The second-order valence-electron chi connectivity index (χ2n) is 11.5. The van der Waals surface area contributed by atoms with Crippen molar-refractivity contribution in [1.82, 2.24) is 20.0 Å². The molecule has 0 bridgehead atoms. The van der Waals surface area contributed by atoms with Crippen LogP contribution in [0.1, 0.15) is 71.2 Å². The van der Waals surface area contributed by atoms with Crippen molar-refractivity contribution in [3.05, 3.63) is 35.0 Å². The lowest BCUT2D eigenvalue weighted by molar-refractivity contribution is -0.154. The van der Waals surface area contributed by atoms with Gasteiger partial charge in [-0.25, -0.2) is 0 Å². The van der Waals surface area contributed by atoms with Gasteiger partial charge in [-0.1, -0.05) is 13.8 Å². The first kappa shape index (κ1) is 26.8. The molecule has 0 saturated carbocycles. The van der Waals surface area contributed by atoms with Crippen molar-refractivity contribution < 1.29 is 19.0 Å². The Labute approximate surface area is 219 Å². The van der Waals surface area contributed by atoms with Crippen LogP contribution >= 0.6 is 0 Å². The Bertz CT molecular complexity index is 1250. The van der Waals surface area contributed by atoms with Gasteiger partial charge in [0.05, 0.1) is 25.6 Å². The molecule has 0 atom stereocenters. The molecular formula is C29H40N4O4. The third-order valence-electron chi connectivity index (χ3n) is 6.90. The van der Waals surface area contributed by atoms with E-state index in [0.717, 1.165) is 54.0 Å². The number of fused-ring (bicyclic) bond motifs is 1. The second kappa shape index (κ2) is 10.2. The van der Waals surface area contributed by atoms with Gasteiger partial charge in [0.2, 0.25) is 0 Å². The Balaban J connectivity index is 1.63. The van der Waals surface area contributed by atoms with Crippen molar-refractivity contribution >= 4 is 5.97 Å². The lowest BCUT2D eigenvalue weighted by atomic mass is 9.76. The summed E-state index contributed by atoms with van der Waals surface area (Å²) >= 11 is 0. The number of nitrogens with one attached hydrogen (secondary N) is 1. The fourth-order valence-corrected chi connectivity index (χ4v) is 5.07. The highest BCUT2D eigenvalue weighted by Crippen LogP contribution is 2.40. The molecule has 200 valence electrons. The summed E-state index contributed by atoms with van der Waals surface area (Å²) in [4.78, 5) is 12.3. The highest BCUT2D eigenvalue weighted by molar-refractivity contribution is 5.73. The maximum Gasteiger partial charge on any atom is 0.306 e. The van der Waals surface area contributed by atoms with Crippen molar-refractivity contribution in [3.63, 3.8) is 0 Å². The molecule has 0 radical (unpaired) electrons. The quantitative estimate of drug-likeness (QED) is 0.389. The largest absolute Gasteiger partial charge is 0.496 e. The van der Waals surface area contributed by atoms with Gasteiger partial charge in [0, 0.05) is 35.3 Å². The van der Waals surface area contributed by atoms with E-state index in [9.17, 15) is 4.79 Å². The fourth-order valence-electron chi connectivity index (χ4n) is 5.07. The van der Waals surface area contributed by atoms with Crippen LogP contribution in [0.2, 0.25) is 0 Å². The Morgan fingerprint density at radius 2 is 1.81 bits per heavy atom. The topological polar surface area (TPSA) is 91.3 Å². The van der Waals surface area contributed by atoms with Gasteiger partial charge >= 0.3 is 5.97 Å². The summed E-state index contributed by atoms with van der Waals surface area (Å²) in [7, 11) is 3.24. The third kappa shape index (κ3) is 5.84. The average molecular weight is 509 g/mol. The van der Waals surface area contributed by atoms with E-state index < -0.39 is 5.60 Å². The molecule has 0 saturated heterocycles. The van der Waals surface area contributed by atoms with Crippen LogP contribution in [0.5, 0.6) is 11.5 Å². The van der Waals surface area contributed by atoms with E-state index in [-0.39, 0.29) is 17.8 Å². The van der Waals surface area contributed by atoms with Crippen molar-refractivity contribution in [2.75, 3.05) is 14.2 Å². The van der Waals surface area contributed by atoms with Gasteiger partial charge in [0.1, 0.15) is 22.8 Å². The number of nitrogens with zero attached hydrogens (tertiary/aromatic N) is 3. The summed E-state index contributed by atoms with van der Waals surface area (Å²) < 4.78 is 19.0. The molecule has 3 aromatic rings. The normalized spacial score (nSPS) is 14.8. The Kier molecular flexibility index (Phi) is 7.40. The van der Waals surface area contributed by atoms with Crippen LogP contribution in [0.3, 0.4) is 0 Å². The number of aryl methyl sites for hydroxylation is 1. The van der Waals surface area contributed by atoms with Gasteiger partial charge in [-0.3, -0.25) is 14.6 Å². The number of rotatable bonds is 8. The molecule has 0 aliphatic heterocycles. The number of ether oxygens (including phenoxy) is 3. The molecule has 2 heterocycles. The molecule has 37 heavy (non-hydrogen) atoms. The molecule has 0 spiro atoms. The van der Waals surface area contributed by atoms with Crippen LogP contribution in [0.4, 0.5) is 0 Å². The van der Waals surface area contributed by atoms with Crippen LogP contribution in [0, 0.1) is 5.41 Å². The number of methoxy groups -OCH3 is 2. The summed E-state index contributed by atoms with van der Waals surface area (Å²) in [5, 5.41) is 12.8. The molecule has 1 N–H and O–H groups in total. The number of aromatic nitrogens is 4. The zero-order valence-corrected chi connectivity index (χ0v) is 23.4. The van der Waals surface area contributed by atoms with Gasteiger partial charge in [0.15, 0.2) is 0 Å². The number of esters is 1. The minimum Gasteiger partial charge on any atom is -0.496 e. The summed E-state index contributed by atoms with van der Waals surface area (Å²) in [6.07, 6.45) is 3.87. The Morgan fingerprint density at radius 3 is 2.41 bits per heavy atom. The zero-order chi connectivity index (χ0) is 27.0. The predicted octanol–water partition coefficient (Wildman–Crippen LogP) is 5.77. The molecule has 8 nitrogen and oxygen atoms in total. The highest BCUT2D eigenvalue weighted by atomic mass is 16.6. The number of hydrogen-bond acceptors (Lipinski definition) is 6. The van der Waals surface area contributed by atoms with Gasteiger partial charge in [-0.2, -0.15) is 10.2 Å². The first-order valence-corrected chi connectivity index (χ1v) is 13.1. The number of carbonyl (C=O) groups excluding carboxylic acids is 1. The number of H-pyrrole nitrogens is 1. The monoisotopic (exact) mass is 508 g/mol. The Hall–Kier alpha value is -3.29. The maximum absolute atomic E-state index is 12.3. The van der Waals surface area contributed by atoms with E-state index >= 15 is 0 Å². The zero-order valence-electron chi connectivity index (χ0n) is 23.4. The first-order valence-electron chi connectivity index (χ1n) is 13.1. The molecule has 0 fully saturated rings. The highest BCUT2D eigenvalue weighted by Gasteiger charge is 2.31. The summed E-state index contributed by atoms with van der Waals surface area (Å²) in [6, 6.07) is 5.92. The number of benzene rings is 1. The molecule has 0 unspecified atom stereocenters. The van der Waals surface area contributed by atoms with Crippen molar-refractivity contribution in [2.45, 2.75) is 85.8 Å². The molecule has 4 rings (SSSR count). The minimum atomic E-state index is -0.519. The molecule has 1 aromatic carbocycles. The minimum absolute atomic E-state index is 0.234. The van der Waals surface area contributed by atoms with E-state index in [1.54, 1.807) is 14.2 Å². The number of hydrogen-bond donors (Lipinski definition) is 1. The lowest BCUT2D eigenvalue weighted by Gasteiger charge is -2.30. The van der Waals surface area contributed by atoms with Crippen LogP contribution in [-0.2, 0) is 35.3 Å². The summed E-state index contributed by atoms with van der Waals surface area (Å²) in [5.41, 5.74) is 6.79. The van der Waals surface area contributed by atoms with Gasteiger partial charge in [-0.05, 0) is 77.0 Å². The van der Waals surface area contributed by atoms with Crippen molar-refractivity contribution in [3.8, 4) is 34.1 Å². The van der Waals surface area contributed by atoms with Crippen LogP contribution in [-0.4, -0.2) is 45.8 Å². The van der Waals surface area contributed by atoms with E-state index in [2.05, 4.69) is 35.7 Å². The number of aromatic amines is 1. The molecule has 1 aliphatic carbocycles. The van der Waals surface area contributed by atoms with Gasteiger partial charge < -0.3 is 14.2 Å². The molecule has 0 amide bonds. The standard InChI is InChI=1S/C29H40N4O4/c1-9-33-23-17-29(5,6)13-12-19(23)27(32-33)22-16-21(30-31-22)18-14-24(35-7)20(25(15-18)36-8)10-11-26(34)37-28(2,3)4/h14-16H,9-13,17H2,1-8H3,(H,30,31). The average Bonchev–Trinajstić information content (AvgIpc) is 3.45. The van der Waals surface area contributed by atoms with Crippen molar-refractivity contribution in [1.29, 1.82) is 0 Å². The summed E-state index contributed by atoms with van der Waals surface area (Å²) in [6.45, 7) is 13.2.